The summed E-state index contributed by atoms with van der Waals surface area (Å²) in [6.45, 7) is 8.90. The lowest BCUT2D eigenvalue weighted by Crippen LogP contribution is -2.50. The molecule has 0 aliphatic carbocycles. The number of piperazine rings is 1. The van der Waals surface area contributed by atoms with E-state index in [4.69, 9.17) is 16.3 Å². The van der Waals surface area contributed by atoms with Gasteiger partial charge in [-0.25, -0.2) is 14.2 Å². The summed E-state index contributed by atoms with van der Waals surface area (Å²) in [6, 6.07) is 1.67. The molecule has 1 amide bonds. The van der Waals surface area contributed by atoms with Crippen LogP contribution in [0.25, 0.3) is 10.9 Å². The molecule has 32 heavy (non-hydrogen) atoms. The molecule has 0 unspecified atom stereocenters. The number of nitrogens with zero attached hydrogens (tertiary/aromatic N) is 5. The van der Waals surface area contributed by atoms with E-state index in [2.05, 4.69) is 31.2 Å². The van der Waals surface area contributed by atoms with Crippen molar-refractivity contribution < 1.29 is 13.9 Å². The van der Waals surface area contributed by atoms with Crippen LogP contribution in [0.1, 0.15) is 20.8 Å². The molecule has 8 nitrogen and oxygen atoms in total. The lowest BCUT2D eigenvalue weighted by Gasteiger charge is -2.36. The lowest BCUT2D eigenvalue weighted by atomic mass is 10.2. The average molecular weight is 532 g/mol. The third kappa shape index (κ3) is 5.90. The van der Waals surface area contributed by atoms with Crippen LogP contribution in [0.5, 0.6) is 0 Å². The van der Waals surface area contributed by atoms with Gasteiger partial charge >= 0.3 is 6.09 Å². The third-order valence-corrected chi connectivity index (χ3v) is 6.18. The number of anilines is 2. The number of hydrogen-bond acceptors (Lipinski definition) is 7. The summed E-state index contributed by atoms with van der Waals surface area (Å²) in [4.78, 5) is 27.2. The van der Waals surface area contributed by atoms with E-state index in [9.17, 15) is 4.79 Å². The molecule has 1 fully saturated rings. The average Bonchev–Trinajstić information content (AvgIpc) is 2.71. The molecule has 2 heterocycles. The van der Waals surface area contributed by atoms with E-state index in [-0.39, 0.29) is 21.1 Å². The predicted octanol–water partition coefficient (Wildman–Crippen LogP) is 4.22. The summed E-state index contributed by atoms with van der Waals surface area (Å²) < 4.78 is 20.7. The van der Waals surface area contributed by atoms with Crippen molar-refractivity contribution in [1.29, 1.82) is 0 Å². The topological polar surface area (TPSA) is 73.8 Å². The SMILES string of the molecule is CN(C)CCNc1nc(N2CCN(C(=O)OC(C)(C)C)CC2)c2cc(Cl)c(Br)c(F)c2n1. The molecule has 1 aromatic carbocycles. The van der Waals surface area contributed by atoms with Crippen molar-refractivity contribution in [1.82, 2.24) is 19.8 Å². The van der Waals surface area contributed by atoms with E-state index in [1.165, 1.54) is 0 Å². The molecule has 11 heteroatoms. The van der Waals surface area contributed by atoms with Crippen molar-refractivity contribution in [3.63, 3.8) is 0 Å². The van der Waals surface area contributed by atoms with Gasteiger partial charge in [-0.15, -0.1) is 0 Å². The highest BCUT2D eigenvalue weighted by atomic mass is 79.9. The highest BCUT2D eigenvalue weighted by Gasteiger charge is 2.28. The smallest absolute Gasteiger partial charge is 0.410 e. The molecule has 0 radical (unpaired) electrons. The summed E-state index contributed by atoms with van der Waals surface area (Å²) in [6.07, 6.45) is -0.339. The molecular weight excluding hydrogens is 503 g/mol. The Morgan fingerprint density at radius 1 is 1.28 bits per heavy atom. The van der Waals surface area contributed by atoms with Gasteiger partial charge in [0.25, 0.3) is 0 Å². The first kappa shape index (κ1) is 24.7. The molecule has 1 aliphatic rings. The van der Waals surface area contributed by atoms with Crippen LogP contribution < -0.4 is 10.2 Å². The Hall–Kier alpha value is -1.91. The Morgan fingerprint density at radius 3 is 2.53 bits per heavy atom. The fourth-order valence-electron chi connectivity index (χ4n) is 3.30. The highest BCUT2D eigenvalue weighted by molar-refractivity contribution is 9.10. The summed E-state index contributed by atoms with van der Waals surface area (Å²) in [5, 5.41) is 3.95. The number of aromatic nitrogens is 2. The summed E-state index contributed by atoms with van der Waals surface area (Å²) in [5.74, 6) is 0.399. The maximum atomic E-state index is 15.0. The van der Waals surface area contributed by atoms with Crippen molar-refractivity contribution in [2.75, 3.05) is 63.6 Å². The van der Waals surface area contributed by atoms with E-state index in [1.807, 2.05) is 44.7 Å². The van der Waals surface area contributed by atoms with Crippen LogP contribution in [0.4, 0.5) is 21.0 Å². The zero-order valence-electron chi connectivity index (χ0n) is 19.0. The molecule has 176 valence electrons. The van der Waals surface area contributed by atoms with E-state index in [0.717, 1.165) is 6.54 Å². The number of carbonyl (C=O) groups is 1. The molecule has 3 rings (SSSR count). The van der Waals surface area contributed by atoms with Gasteiger partial charge in [-0.1, -0.05) is 11.6 Å². The number of hydrogen-bond donors (Lipinski definition) is 1. The predicted molar refractivity (Wildman–Crippen MR) is 129 cm³/mol. The molecule has 0 spiro atoms. The summed E-state index contributed by atoms with van der Waals surface area (Å²) in [5.41, 5.74) is -0.362. The number of amides is 1. The molecule has 1 aliphatic heterocycles. The second-order valence-electron chi connectivity index (χ2n) is 8.94. The van der Waals surface area contributed by atoms with Crippen molar-refractivity contribution >= 4 is 56.3 Å². The second-order valence-corrected chi connectivity index (χ2v) is 10.1. The number of carbonyl (C=O) groups excluding carboxylic acids is 1. The van der Waals surface area contributed by atoms with Crippen LogP contribution in [-0.4, -0.2) is 84.8 Å². The second kappa shape index (κ2) is 9.93. The van der Waals surface area contributed by atoms with Gasteiger partial charge in [0, 0.05) is 44.7 Å². The molecule has 0 saturated carbocycles. The summed E-state index contributed by atoms with van der Waals surface area (Å²) >= 11 is 9.44. The van der Waals surface area contributed by atoms with E-state index in [0.29, 0.717) is 49.9 Å². The van der Waals surface area contributed by atoms with Crippen molar-refractivity contribution in [3.05, 3.63) is 21.4 Å². The Bertz CT molecular complexity index is 993. The van der Waals surface area contributed by atoms with E-state index < -0.39 is 11.4 Å². The number of ether oxygens (including phenoxy) is 1. The normalized spacial score (nSPS) is 14.9. The quantitative estimate of drug-likeness (QED) is 0.579. The fraction of sp³-hybridized carbons (Fsp3) is 0.571. The minimum Gasteiger partial charge on any atom is -0.444 e. The Morgan fingerprint density at radius 2 is 1.94 bits per heavy atom. The lowest BCUT2D eigenvalue weighted by molar-refractivity contribution is 0.0240. The Balaban J connectivity index is 1.88. The van der Waals surface area contributed by atoms with Gasteiger partial charge in [0.05, 0.1) is 9.50 Å². The first-order valence-electron chi connectivity index (χ1n) is 10.4. The number of rotatable bonds is 5. The van der Waals surface area contributed by atoms with Gasteiger partial charge in [0.15, 0.2) is 5.82 Å². The van der Waals surface area contributed by atoms with Crippen LogP contribution in [0.15, 0.2) is 10.5 Å². The van der Waals surface area contributed by atoms with E-state index in [1.54, 1.807) is 11.0 Å². The third-order valence-electron chi connectivity index (χ3n) is 4.88. The van der Waals surface area contributed by atoms with Crippen molar-refractivity contribution in [2.45, 2.75) is 26.4 Å². The molecule has 0 atom stereocenters. The van der Waals surface area contributed by atoms with Gasteiger partial charge in [-0.2, -0.15) is 4.98 Å². The Kier molecular flexibility index (Phi) is 7.67. The highest BCUT2D eigenvalue weighted by Crippen LogP contribution is 2.36. The number of likely N-dealkylation sites (N-methyl/N-ethyl adjacent to an activating group) is 1. The molecular formula is C21H29BrClFN6O2. The molecule has 1 saturated heterocycles. The number of halogens is 3. The van der Waals surface area contributed by atoms with Gasteiger partial charge < -0.3 is 24.8 Å². The maximum absolute atomic E-state index is 15.0. The molecule has 2 aromatic rings. The first-order chi connectivity index (χ1) is 15.0. The molecule has 1 aromatic heterocycles. The number of nitrogens with one attached hydrogen (secondary N) is 1. The maximum Gasteiger partial charge on any atom is 0.410 e. The molecule has 1 N–H and O–H groups in total. The van der Waals surface area contributed by atoms with Crippen LogP contribution in [0.3, 0.4) is 0 Å². The van der Waals surface area contributed by atoms with Gasteiger partial charge in [0.1, 0.15) is 16.9 Å². The van der Waals surface area contributed by atoms with Crippen LogP contribution >= 0.6 is 27.5 Å². The van der Waals surface area contributed by atoms with Gasteiger partial charge in [-0.05, 0) is 56.9 Å². The van der Waals surface area contributed by atoms with Crippen LogP contribution in [0, 0.1) is 5.82 Å². The number of benzene rings is 1. The van der Waals surface area contributed by atoms with Crippen LogP contribution in [0.2, 0.25) is 5.02 Å². The van der Waals surface area contributed by atoms with Gasteiger partial charge in [0.2, 0.25) is 5.95 Å². The monoisotopic (exact) mass is 530 g/mol. The van der Waals surface area contributed by atoms with Crippen molar-refractivity contribution in [3.8, 4) is 0 Å². The fourth-order valence-corrected chi connectivity index (χ4v) is 3.79. The summed E-state index contributed by atoms with van der Waals surface area (Å²) in [7, 11) is 3.94. The standard InChI is InChI=1S/C21H29BrClFN6O2/c1-21(2,3)32-20(31)30-10-8-29(9-11-30)18-13-12-14(23)15(22)16(24)17(13)26-19(27-18)25-6-7-28(4)5/h12H,6-11H2,1-5H3,(H,25,26,27). The largest absolute Gasteiger partial charge is 0.444 e. The van der Waals surface area contributed by atoms with Crippen molar-refractivity contribution in [2.24, 2.45) is 0 Å². The van der Waals surface area contributed by atoms with E-state index >= 15 is 4.39 Å². The molecule has 0 bridgehead atoms. The first-order valence-corrected chi connectivity index (χ1v) is 11.6. The minimum atomic E-state index is -0.550. The van der Waals surface area contributed by atoms with Gasteiger partial charge in [-0.3, -0.25) is 0 Å². The Labute approximate surface area is 201 Å². The van der Waals surface area contributed by atoms with Crippen LogP contribution in [-0.2, 0) is 4.74 Å². The zero-order valence-corrected chi connectivity index (χ0v) is 21.3. The minimum absolute atomic E-state index is 0.172. The zero-order chi connectivity index (χ0) is 23.6. The number of fused-ring (bicyclic) bond motifs is 1.